The largest absolute Gasteiger partial charge is 0.748 e. The third kappa shape index (κ3) is 26.2. The second-order valence-corrected chi connectivity index (χ2v) is 31.1. The fourth-order valence-electron chi connectivity index (χ4n) is 13.1. The van der Waals surface area contributed by atoms with Gasteiger partial charge in [0.1, 0.15) is 24.4 Å². The van der Waals surface area contributed by atoms with E-state index in [1.165, 1.54) is 11.8 Å². The zero-order valence-corrected chi connectivity index (χ0v) is 61.5. The number of urea groups is 1. The molecule has 2 aliphatic heterocycles. The van der Waals surface area contributed by atoms with Crippen LogP contribution in [0.2, 0.25) is 0 Å². The first-order valence-corrected chi connectivity index (χ1v) is 38.9. The van der Waals surface area contributed by atoms with Crippen LogP contribution in [0.15, 0.2) is 155 Å². The summed E-state index contributed by atoms with van der Waals surface area (Å²) in [5.41, 5.74) is 8.07. The molecule has 28 heteroatoms. The van der Waals surface area contributed by atoms with Gasteiger partial charge >= 0.3 is 30.1 Å². The van der Waals surface area contributed by atoms with E-state index in [0.29, 0.717) is 49.9 Å². The summed E-state index contributed by atoms with van der Waals surface area (Å²) in [4.78, 5) is 124. The van der Waals surface area contributed by atoms with E-state index in [4.69, 9.17) is 14.7 Å². The normalized spacial score (nSPS) is 16.5. The van der Waals surface area contributed by atoms with Gasteiger partial charge in [-0.2, -0.15) is 22.6 Å². The maximum atomic E-state index is 14.9. The number of allylic oxidation sites excluding steroid dienone is 7. The lowest BCUT2D eigenvalue weighted by Gasteiger charge is -2.28. The SMILES string of the molecule is CC1(C)C(=CC=C2CCCC(C=CC3=[N+](CCCCS(=O)(=O)O)c4ccccc4C3(C)C)=C2SC[C@@H](NC(=O)[C@@H](CC(=O)[C@H](Cc2ccccc2)NC(=O)CCCCC(=O)CC[C@@H](NC(=O)NCCCC(=O)O)C(=O)O)Cc2ccccc2)C(=O)O)N(CCCCS(=O)(=O)[O-])c2ccccc21.O=C=O. The first-order chi connectivity index (χ1) is 49.3. The van der Waals surface area contributed by atoms with Crippen LogP contribution >= 0.6 is 11.8 Å². The molecule has 4 atom stereocenters. The van der Waals surface area contributed by atoms with Gasteiger partial charge in [-0.05, 0) is 131 Å². The molecule has 0 aromatic heterocycles. The van der Waals surface area contributed by atoms with Gasteiger partial charge in [0.25, 0.3) is 10.1 Å². The van der Waals surface area contributed by atoms with Crippen molar-refractivity contribution in [2.45, 2.75) is 172 Å². The van der Waals surface area contributed by atoms with Crippen LogP contribution in [-0.2, 0) is 87.1 Å². The van der Waals surface area contributed by atoms with Crippen LogP contribution in [0.3, 0.4) is 0 Å². The number of hydrogen-bond acceptors (Lipinski definition) is 17. The average Bonchev–Trinajstić information content (AvgIpc) is 1.60. The zero-order chi connectivity index (χ0) is 76.2. The molecule has 0 radical (unpaired) electrons. The highest BCUT2D eigenvalue weighted by atomic mass is 32.2. The summed E-state index contributed by atoms with van der Waals surface area (Å²) >= 11 is 1.28. The number of carboxylic acids is 3. The number of benzene rings is 4. The Hall–Kier alpha value is -9.18. The Morgan fingerprint density at radius 2 is 1.27 bits per heavy atom. The minimum atomic E-state index is -4.43. The van der Waals surface area contributed by atoms with Gasteiger partial charge in [-0.1, -0.05) is 123 Å². The molecule has 4 amide bonds. The van der Waals surface area contributed by atoms with E-state index in [9.17, 15) is 74.5 Å². The van der Waals surface area contributed by atoms with Crippen LogP contribution in [-0.4, -0.2) is 160 Å². The number of rotatable bonds is 41. The second kappa shape index (κ2) is 40.2. The van der Waals surface area contributed by atoms with Gasteiger partial charge in [0.05, 0.1) is 27.3 Å². The summed E-state index contributed by atoms with van der Waals surface area (Å²) in [6.07, 6.45) is 11.3. The number of nitrogens with one attached hydrogen (secondary N) is 4. The van der Waals surface area contributed by atoms with E-state index in [1.54, 1.807) is 60.7 Å². The summed E-state index contributed by atoms with van der Waals surface area (Å²) in [6.45, 7) is 9.34. The molecule has 104 heavy (non-hydrogen) atoms. The van der Waals surface area contributed by atoms with Crippen LogP contribution in [0.5, 0.6) is 0 Å². The number of carboxylic acid groups (broad SMARTS) is 3. The van der Waals surface area contributed by atoms with Crippen molar-refractivity contribution in [3.8, 4) is 0 Å². The van der Waals surface area contributed by atoms with Gasteiger partial charge in [-0.25, -0.2) is 22.8 Å². The zero-order valence-electron chi connectivity index (χ0n) is 59.0. The van der Waals surface area contributed by atoms with Crippen LogP contribution in [0.25, 0.3) is 0 Å². The molecule has 4 aromatic carbocycles. The molecule has 1 aliphatic carbocycles. The van der Waals surface area contributed by atoms with Crippen LogP contribution in [0, 0.1) is 5.92 Å². The lowest BCUT2D eigenvalue weighted by atomic mass is 9.81. The molecule has 0 unspecified atom stereocenters. The van der Waals surface area contributed by atoms with Gasteiger partial charge < -0.3 is 46.0 Å². The van der Waals surface area contributed by atoms with Crippen molar-refractivity contribution < 1.29 is 93.8 Å². The predicted octanol–water partition coefficient (Wildman–Crippen LogP) is 9.45. The summed E-state index contributed by atoms with van der Waals surface area (Å²) in [5.74, 6) is -7.83. The molecule has 0 bridgehead atoms. The highest BCUT2D eigenvalue weighted by Crippen LogP contribution is 2.49. The maximum Gasteiger partial charge on any atom is 0.373 e. The van der Waals surface area contributed by atoms with Crippen molar-refractivity contribution in [2.24, 2.45) is 5.92 Å². The average molecular weight is 1490 g/mol. The predicted molar refractivity (Wildman–Crippen MR) is 392 cm³/mol. The molecule has 0 fully saturated rings. The minimum Gasteiger partial charge on any atom is -0.748 e. The number of fused-ring (bicyclic) bond motifs is 2. The Bertz CT molecular complexity index is 4140. The fourth-order valence-corrected chi connectivity index (χ4v) is 15.5. The number of ketones is 2. The number of unbranched alkanes of at least 4 members (excludes halogenated alkanes) is 3. The Morgan fingerprint density at radius 3 is 1.91 bits per heavy atom. The smallest absolute Gasteiger partial charge is 0.373 e. The van der Waals surface area contributed by atoms with Crippen LogP contribution in [0.4, 0.5) is 16.2 Å². The molecule has 0 saturated heterocycles. The molecule has 7 rings (SSSR count). The number of anilines is 1. The summed E-state index contributed by atoms with van der Waals surface area (Å²) in [7, 11) is -8.61. The number of carbonyl (C=O) groups is 8. The van der Waals surface area contributed by atoms with Gasteiger partial charge in [-0.15, -0.1) is 11.8 Å². The molecule has 4 aromatic rings. The van der Waals surface area contributed by atoms with Gasteiger partial charge in [-0.3, -0.25) is 28.5 Å². The van der Waals surface area contributed by atoms with Gasteiger partial charge in [0.15, 0.2) is 11.5 Å². The van der Waals surface area contributed by atoms with Crippen molar-refractivity contribution in [2.75, 3.05) is 41.8 Å². The van der Waals surface area contributed by atoms with Crippen molar-refractivity contribution in [3.05, 3.63) is 178 Å². The highest BCUT2D eigenvalue weighted by molar-refractivity contribution is 8.03. The van der Waals surface area contributed by atoms with Crippen molar-refractivity contribution in [1.82, 2.24) is 21.3 Å². The van der Waals surface area contributed by atoms with E-state index in [1.807, 2.05) is 42.5 Å². The molecule has 0 spiro atoms. The number of para-hydroxylation sites is 2. The monoisotopic (exact) mass is 1490 g/mol. The maximum absolute atomic E-state index is 14.9. The number of thioether (sulfide) groups is 1. The third-order valence-electron chi connectivity index (χ3n) is 18.5. The van der Waals surface area contributed by atoms with Crippen molar-refractivity contribution in [1.29, 1.82) is 0 Å². The van der Waals surface area contributed by atoms with E-state index in [-0.39, 0.29) is 107 Å². The number of amides is 4. The van der Waals surface area contributed by atoms with Gasteiger partial charge in [0, 0.05) is 108 Å². The molecule has 560 valence electrons. The molecule has 2 heterocycles. The molecule has 8 N–H and O–H groups in total. The number of aliphatic carboxylic acids is 3. The van der Waals surface area contributed by atoms with Crippen LogP contribution < -0.4 is 26.2 Å². The fraction of sp³-hybridized carbons (Fsp3) is 0.447. The van der Waals surface area contributed by atoms with Crippen molar-refractivity contribution >= 4 is 103 Å². The first-order valence-electron chi connectivity index (χ1n) is 34.7. The Balaban J connectivity index is 0.00000556. The van der Waals surface area contributed by atoms with Crippen molar-refractivity contribution in [3.63, 3.8) is 0 Å². The topological polar surface area (TPSA) is 397 Å². The number of hydrogen-bond donors (Lipinski definition) is 8. The Labute approximate surface area is 611 Å². The lowest BCUT2D eigenvalue weighted by Crippen LogP contribution is -2.48. The van der Waals surface area contributed by atoms with E-state index < -0.39 is 109 Å². The standard InChI is InChI=1S/C75H94N6O17S3.CO2/c1-74(2)57-30-12-14-32-62(57)80(43-17-19-45-100(93,94)95)65(74)40-36-53-27-21-28-54(37-41-66-75(3,4)58-31-13-15-33-63(58)81(66)44-18-20-46-101(96,97)98)69(53)99-50-61(72(90)91)78-70(87)55(47-51-23-7-5-8-24-51)49-64(83)60(48-52-25-9-6-10-26-52)77-67(84)34-16-11-29-56(82)38-39-59(71(88)89)79-73(92)76-42-22-35-68(85)86;2-1-3/h5-10,12-15,23-26,30-33,36-37,40-41,55,59-61H,11,16-22,27-29,34-35,38-39,42-50H2,1-4H3,(H8-,76,77,78,79,84,85,86,87,88,89,90,91,92,93,94,95,96,97,98);/t55-,59-,60+,61-;/m1./s1. The quantitative estimate of drug-likeness (QED) is 0.0116. The minimum absolute atomic E-state index is 0.00329. The molecule has 0 saturated carbocycles. The molecule has 3 aliphatic rings. The Morgan fingerprint density at radius 1 is 0.654 bits per heavy atom. The van der Waals surface area contributed by atoms with E-state index in [0.717, 1.165) is 56.4 Å². The van der Waals surface area contributed by atoms with E-state index >= 15 is 0 Å². The summed E-state index contributed by atoms with van der Waals surface area (Å²) in [6, 6.07) is 29.1. The van der Waals surface area contributed by atoms with E-state index in [2.05, 4.69) is 88.8 Å². The molecule has 25 nitrogen and oxygen atoms in total. The number of Topliss-reactive ketones (excluding diaryl/α,β-unsaturated/α-hetero) is 2. The first kappa shape index (κ1) is 83.8. The van der Waals surface area contributed by atoms with Gasteiger partial charge in [0.2, 0.25) is 17.5 Å². The summed E-state index contributed by atoms with van der Waals surface area (Å²) < 4.78 is 70.1. The summed E-state index contributed by atoms with van der Waals surface area (Å²) in [5, 5.41) is 39.9. The number of carbonyl (C=O) groups excluding carboxylic acids is 7. The highest BCUT2D eigenvalue weighted by Gasteiger charge is 2.44. The third-order valence-corrected chi connectivity index (χ3v) is 21.4. The second-order valence-electron chi connectivity index (χ2n) is 27.0. The molecular formula is C76H94N6O19S3. The molecular weight excluding hydrogens is 1400 g/mol. The lowest BCUT2D eigenvalue weighted by molar-refractivity contribution is -0.438. The van der Waals surface area contributed by atoms with Crippen LogP contribution in [0.1, 0.15) is 153 Å². The number of nitrogens with zero attached hydrogens (tertiary/aromatic N) is 2. The Kier molecular flexibility index (Phi) is 32.4.